The van der Waals surface area contributed by atoms with Crippen LogP contribution in [0.1, 0.15) is 90.5 Å². The van der Waals surface area contributed by atoms with Crippen LogP contribution in [0.3, 0.4) is 0 Å². The quantitative estimate of drug-likeness (QED) is 0.203. The molecule has 6 nitrogen and oxygen atoms in total. The smallest absolute Gasteiger partial charge is 0.265 e. The Labute approximate surface area is 204 Å². The summed E-state index contributed by atoms with van der Waals surface area (Å²) in [5.74, 6) is -0.259. The van der Waals surface area contributed by atoms with Crippen molar-refractivity contribution in [1.82, 2.24) is 16.2 Å². The largest absolute Gasteiger partial charge is 0.385 e. The Kier molecular flexibility index (Phi) is 14.4. The molecule has 0 aliphatic heterocycles. The van der Waals surface area contributed by atoms with Gasteiger partial charge in [0.05, 0.1) is 0 Å². The minimum Gasteiger partial charge on any atom is -0.385 e. The molecule has 2 aromatic rings. The van der Waals surface area contributed by atoms with Crippen molar-refractivity contribution >= 4 is 11.8 Å². The maximum absolute atomic E-state index is 12.3. The molecule has 0 radical (unpaired) electrons. The summed E-state index contributed by atoms with van der Waals surface area (Å²) in [5, 5.41) is 2.89. The van der Waals surface area contributed by atoms with Gasteiger partial charge in [0.2, 0.25) is 0 Å². The molecular formula is C28H41N3O3. The number of hydrazine groups is 1. The number of carbonyl (C=O) groups is 2. The Hall–Kier alpha value is -2.70. The van der Waals surface area contributed by atoms with Crippen LogP contribution in [0.25, 0.3) is 0 Å². The molecule has 6 heteroatoms. The van der Waals surface area contributed by atoms with E-state index in [2.05, 4.69) is 16.2 Å². The average Bonchev–Trinajstić information content (AvgIpc) is 2.88. The SMILES string of the molecule is COCCCCCCCCCCCCNNC(=O)c1ccc(CNC(=O)c2ccccc2)cc1. The number of methoxy groups -OCH3 is 1. The van der Waals surface area contributed by atoms with Crippen LogP contribution in [0.2, 0.25) is 0 Å². The third kappa shape index (κ3) is 12.0. The van der Waals surface area contributed by atoms with Crippen LogP contribution in [0, 0.1) is 0 Å². The number of nitrogens with one attached hydrogen (secondary N) is 3. The van der Waals surface area contributed by atoms with Crippen LogP contribution < -0.4 is 16.2 Å². The third-order valence-electron chi connectivity index (χ3n) is 5.81. The number of amides is 2. The Morgan fingerprint density at radius 2 is 1.24 bits per heavy atom. The molecule has 0 atom stereocenters. The molecule has 2 rings (SSSR count). The summed E-state index contributed by atoms with van der Waals surface area (Å²) in [7, 11) is 1.76. The molecular weight excluding hydrogens is 426 g/mol. The number of hydrogen-bond acceptors (Lipinski definition) is 4. The van der Waals surface area contributed by atoms with E-state index in [0.29, 0.717) is 17.7 Å². The number of hydrogen-bond donors (Lipinski definition) is 3. The topological polar surface area (TPSA) is 79.5 Å². The van der Waals surface area contributed by atoms with Gasteiger partial charge in [-0.15, -0.1) is 0 Å². The van der Waals surface area contributed by atoms with Crippen LogP contribution in [0.5, 0.6) is 0 Å². The molecule has 0 aliphatic carbocycles. The van der Waals surface area contributed by atoms with Gasteiger partial charge in [0.1, 0.15) is 0 Å². The van der Waals surface area contributed by atoms with Crippen LogP contribution in [-0.2, 0) is 11.3 Å². The second-order valence-electron chi connectivity index (χ2n) is 8.65. The highest BCUT2D eigenvalue weighted by Gasteiger charge is 2.06. The van der Waals surface area contributed by atoms with E-state index in [4.69, 9.17) is 4.74 Å². The zero-order chi connectivity index (χ0) is 24.3. The lowest BCUT2D eigenvalue weighted by Gasteiger charge is -2.09. The highest BCUT2D eigenvalue weighted by atomic mass is 16.5. The van der Waals surface area contributed by atoms with Crippen molar-refractivity contribution in [3.63, 3.8) is 0 Å². The third-order valence-corrected chi connectivity index (χ3v) is 5.81. The molecule has 0 bridgehead atoms. The Bertz CT molecular complexity index is 809. The molecule has 0 saturated carbocycles. The van der Waals surface area contributed by atoms with Crippen molar-refractivity contribution in [2.75, 3.05) is 20.3 Å². The summed E-state index contributed by atoms with van der Waals surface area (Å²) >= 11 is 0. The first-order valence-electron chi connectivity index (χ1n) is 12.6. The lowest BCUT2D eigenvalue weighted by atomic mass is 10.1. The Morgan fingerprint density at radius 3 is 1.85 bits per heavy atom. The van der Waals surface area contributed by atoms with Gasteiger partial charge in [-0.2, -0.15) is 0 Å². The van der Waals surface area contributed by atoms with Gasteiger partial charge in [0, 0.05) is 37.9 Å². The number of carbonyl (C=O) groups excluding carboxylic acids is 2. The molecule has 34 heavy (non-hydrogen) atoms. The summed E-state index contributed by atoms with van der Waals surface area (Å²) < 4.78 is 5.07. The summed E-state index contributed by atoms with van der Waals surface area (Å²) in [4.78, 5) is 24.4. The minimum absolute atomic E-state index is 0.111. The number of ether oxygens (including phenoxy) is 1. The van der Waals surface area contributed by atoms with Crippen LogP contribution in [0.15, 0.2) is 54.6 Å². The second-order valence-corrected chi connectivity index (χ2v) is 8.65. The zero-order valence-corrected chi connectivity index (χ0v) is 20.6. The molecule has 0 unspecified atom stereocenters. The molecule has 186 valence electrons. The highest BCUT2D eigenvalue weighted by Crippen LogP contribution is 2.10. The van der Waals surface area contributed by atoms with E-state index < -0.39 is 0 Å². The van der Waals surface area contributed by atoms with Crippen molar-refractivity contribution in [2.45, 2.75) is 70.8 Å². The van der Waals surface area contributed by atoms with E-state index in [1.807, 2.05) is 30.3 Å². The van der Waals surface area contributed by atoms with Gasteiger partial charge >= 0.3 is 0 Å². The predicted octanol–water partition coefficient (Wildman–Crippen LogP) is 5.40. The first-order chi connectivity index (χ1) is 16.7. The van der Waals surface area contributed by atoms with E-state index in [1.54, 1.807) is 31.4 Å². The van der Waals surface area contributed by atoms with Gasteiger partial charge in [-0.3, -0.25) is 15.0 Å². The van der Waals surface area contributed by atoms with Crippen molar-refractivity contribution < 1.29 is 14.3 Å². The molecule has 0 fully saturated rings. The first kappa shape index (κ1) is 27.5. The van der Waals surface area contributed by atoms with E-state index in [1.165, 1.54) is 57.8 Å². The van der Waals surface area contributed by atoms with Gasteiger partial charge in [0.15, 0.2) is 0 Å². The normalized spacial score (nSPS) is 10.7. The predicted molar refractivity (Wildman–Crippen MR) is 138 cm³/mol. The monoisotopic (exact) mass is 467 g/mol. The zero-order valence-electron chi connectivity index (χ0n) is 20.6. The van der Waals surface area contributed by atoms with Crippen molar-refractivity contribution in [3.05, 3.63) is 71.3 Å². The molecule has 0 heterocycles. The Morgan fingerprint density at radius 1 is 0.676 bits per heavy atom. The molecule has 3 N–H and O–H groups in total. The minimum atomic E-state index is -0.148. The fraction of sp³-hybridized carbons (Fsp3) is 0.500. The lowest BCUT2D eigenvalue weighted by Crippen LogP contribution is -2.37. The second kappa shape index (κ2) is 17.7. The maximum atomic E-state index is 12.3. The fourth-order valence-electron chi connectivity index (χ4n) is 3.74. The van der Waals surface area contributed by atoms with E-state index in [-0.39, 0.29) is 11.8 Å². The van der Waals surface area contributed by atoms with Gasteiger partial charge in [-0.1, -0.05) is 81.7 Å². The fourth-order valence-corrected chi connectivity index (χ4v) is 3.74. The average molecular weight is 468 g/mol. The van der Waals surface area contributed by atoms with Gasteiger partial charge in [0.25, 0.3) is 11.8 Å². The van der Waals surface area contributed by atoms with Crippen LogP contribution in [0.4, 0.5) is 0 Å². The molecule has 0 saturated heterocycles. The summed E-state index contributed by atoms with van der Waals surface area (Å²) in [6.45, 7) is 2.08. The van der Waals surface area contributed by atoms with Gasteiger partial charge in [-0.25, -0.2) is 5.43 Å². The van der Waals surface area contributed by atoms with Crippen molar-refractivity contribution in [3.8, 4) is 0 Å². The number of rotatable bonds is 18. The molecule has 2 amide bonds. The van der Waals surface area contributed by atoms with Crippen molar-refractivity contribution in [1.29, 1.82) is 0 Å². The van der Waals surface area contributed by atoms with E-state index >= 15 is 0 Å². The highest BCUT2D eigenvalue weighted by molar-refractivity contribution is 5.94. The van der Waals surface area contributed by atoms with Gasteiger partial charge < -0.3 is 10.1 Å². The molecule has 0 aromatic heterocycles. The number of benzene rings is 2. The molecule has 0 aliphatic rings. The van der Waals surface area contributed by atoms with Crippen molar-refractivity contribution in [2.24, 2.45) is 0 Å². The van der Waals surface area contributed by atoms with Gasteiger partial charge in [-0.05, 0) is 42.7 Å². The standard InChI is InChI=1S/C28H41N3O3/c1-34-22-14-9-7-5-3-2-4-6-8-13-21-30-31-28(33)26-19-17-24(18-20-26)23-29-27(32)25-15-11-10-12-16-25/h10-12,15-20,30H,2-9,13-14,21-23H2,1H3,(H,29,32)(H,31,33). The maximum Gasteiger partial charge on any atom is 0.265 e. The Balaban J connectivity index is 1.48. The summed E-state index contributed by atoms with van der Waals surface area (Å²) in [6, 6.07) is 16.4. The molecule has 2 aromatic carbocycles. The number of unbranched alkanes of at least 4 members (excludes halogenated alkanes) is 9. The summed E-state index contributed by atoms with van der Waals surface area (Å²) in [5.41, 5.74) is 7.96. The summed E-state index contributed by atoms with van der Waals surface area (Å²) in [6.07, 6.45) is 12.5. The lowest BCUT2D eigenvalue weighted by molar-refractivity contribution is 0.0929. The van der Waals surface area contributed by atoms with Crippen LogP contribution in [-0.4, -0.2) is 32.1 Å². The first-order valence-corrected chi connectivity index (χ1v) is 12.6. The van der Waals surface area contributed by atoms with E-state index in [9.17, 15) is 9.59 Å². The molecule has 0 spiro atoms. The van der Waals surface area contributed by atoms with Crippen LogP contribution >= 0.6 is 0 Å². The van der Waals surface area contributed by atoms with E-state index in [0.717, 1.165) is 25.1 Å².